The maximum atomic E-state index is 13.4. The molecule has 2 aromatic carbocycles. The van der Waals surface area contributed by atoms with E-state index < -0.39 is 53.5 Å². The molecule has 0 saturated carbocycles. The summed E-state index contributed by atoms with van der Waals surface area (Å²) in [4.78, 5) is 76.4. The van der Waals surface area contributed by atoms with Crippen LogP contribution in [0.25, 0.3) is 0 Å². The van der Waals surface area contributed by atoms with Gasteiger partial charge in [-0.1, -0.05) is 61.9 Å². The second-order valence-corrected chi connectivity index (χ2v) is 9.54. The van der Waals surface area contributed by atoms with Crippen molar-refractivity contribution in [1.82, 2.24) is 16.0 Å². The van der Waals surface area contributed by atoms with Gasteiger partial charge in [-0.2, -0.15) is 0 Å². The summed E-state index contributed by atoms with van der Waals surface area (Å²) in [7, 11) is 0. The van der Waals surface area contributed by atoms with Gasteiger partial charge in [-0.3, -0.25) is 14.4 Å². The van der Waals surface area contributed by atoms with Gasteiger partial charge >= 0.3 is 17.9 Å². The first kappa shape index (κ1) is 35.2. The predicted octanol–water partition coefficient (Wildman–Crippen LogP) is 2.72. The van der Waals surface area contributed by atoms with E-state index in [1.165, 1.54) is 20.8 Å². The number of carbonyl (C=O) groups is 6. The molecule has 0 spiro atoms. The van der Waals surface area contributed by atoms with Gasteiger partial charge in [0.15, 0.2) is 0 Å². The zero-order chi connectivity index (χ0) is 32.5. The molecule has 0 radical (unpaired) electrons. The van der Waals surface area contributed by atoms with Gasteiger partial charge in [-0.25, -0.2) is 14.4 Å². The number of benzene rings is 2. The van der Waals surface area contributed by atoms with Crippen molar-refractivity contribution in [2.75, 3.05) is 13.2 Å². The van der Waals surface area contributed by atoms with Gasteiger partial charge in [0.05, 0.1) is 18.9 Å². The summed E-state index contributed by atoms with van der Waals surface area (Å²) in [6.07, 6.45) is 1.35. The molecule has 236 valence electrons. The Morgan fingerprint density at radius 2 is 1.32 bits per heavy atom. The Labute approximate surface area is 256 Å². The van der Waals surface area contributed by atoms with Crippen molar-refractivity contribution < 1.29 is 43.0 Å². The van der Waals surface area contributed by atoms with Gasteiger partial charge in [0.1, 0.15) is 12.1 Å². The smallest absolute Gasteiger partial charge is 0.423 e. The third-order valence-corrected chi connectivity index (χ3v) is 6.12. The Morgan fingerprint density at radius 1 is 0.727 bits per heavy atom. The van der Waals surface area contributed by atoms with Crippen molar-refractivity contribution >= 4 is 35.6 Å². The molecule has 0 aromatic heterocycles. The summed E-state index contributed by atoms with van der Waals surface area (Å²) < 4.78 is 14.7. The van der Waals surface area contributed by atoms with Crippen LogP contribution >= 0.6 is 0 Å². The molecule has 3 N–H and O–H groups in total. The van der Waals surface area contributed by atoms with Crippen LogP contribution in [-0.4, -0.2) is 60.9 Å². The number of nitrogens with one attached hydrogen (secondary N) is 3. The molecule has 0 unspecified atom stereocenters. The van der Waals surface area contributed by atoms with Crippen molar-refractivity contribution in [2.45, 2.75) is 65.5 Å². The molecule has 44 heavy (non-hydrogen) atoms. The number of rotatable bonds is 15. The quantitative estimate of drug-likeness (QED) is 0.0905. The highest BCUT2D eigenvalue weighted by atomic mass is 16.6. The van der Waals surface area contributed by atoms with E-state index in [0.29, 0.717) is 18.4 Å². The maximum Gasteiger partial charge on any atom is 0.423 e. The minimum Gasteiger partial charge on any atom is -0.460 e. The van der Waals surface area contributed by atoms with Crippen LogP contribution < -0.4 is 16.0 Å². The SMILES string of the molecule is CCCC/C(NC(=O)[C@H](C)NC(=O)[C@H](Cc1ccccc1)NC(=O)c1ccccc1)=C(/OC(=O)C(=O)OCC)C(=O)OCC. The molecule has 3 amide bonds. The van der Waals surface area contributed by atoms with Gasteiger partial charge in [-0.15, -0.1) is 0 Å². The van der Waals surface area contributed by atoms with Crippen LogP contribution in [0.5, 0.6) is 0 Å². The molecule has 0 aliphatic rings. The molecule has 12 nitrogen and oxygen atoms in total. The Balaban J connectivity index is 2.29. The summed E-state index contributed by atoms with van der Waals surface area (Å²) in [5.41, 5.74) is 1.04. The number of amides is 3. The first-order chi connectivity index (χ1) is 21.1. The molecule has 2 rings (SSSR count). The van der Waals surface area contributed by atoms with Crippen LogP contribution in [0, 0.1) is 0 Å². The second kappa shape index (κ2) is 18.5. The largest absolute Gasteiger partial charge is 0.460 e. The van der Waals surface area contributed by atoms with Crippen molar-refractivity contribution in [3.63, 3.8) is 0 Å². The lowest BCUT2D eigenvalue weighted by Crippen LogP contribution is -2.53. The first-order valence-corrected chi connectivity index (χ1v) is 14.4. The maximum absolute atomic E-state index is 13.4. The van der Waals surface area contributed by atoms with E-state index in [4.69, 9.17) is 9.47 Å². The molecule has 2 aromatic rings. The minimum absolute atomic E-state index is 0.0712. The molecule has 0 bridgehead atoms. The van der Waals surface area contributed by atoms with Gasteiger partial charge in [0, 0.05) is 12.0 Å². The topological polar surface area (TPSA) is 166 Å². The Kier molecular flexibility index (Phi) is 14.8. The van der Waals surface area contributed by atoms with Gasteiger partial charge in [0.2, 0.25) is 17.6 Å². The van der Waals surface area contributed by atoms with Crippen LogP contribution in [0.2, 0.25) is 0 Å². The fourth-order valence-electron chi connectivity index (χ4n) is 3.86. The zero-order valence-corrected chi connectivity index (χ0v) is 25.3. The molecule has 12 heteroatoms. The normalized spacial score (nSPS) is 12.5. The lowest BCUT2D eigenvalue weighted by Gasteiger charge is -2.22. The number of allylic oxidation sites excluding steroid dienone is 1. The van der Waals surface area contributed by atoms with E-state index in [2.05, 4.69) is 20.7 Å². The number of unbranched alkanes of at least 4 members (excludes halogenated alkanes) is 1. The average Bonchev–Trinajstić information content (AvgIpc) is 3.02. The highest BCUT2D eigenvalue weighted by Crippen LogP contribution is 2.15. The van der Waals surface area contributed by atoms with Crippen LogP contribution in [0.15, 0.2) is 72.1 Å². The van der Waals surface area contributed by atoms with Crippen LogP contribution in [0.4, 0.5) is 0 Å². The molecule has 0 saturated heterocycles. The standard InChI is InChI=1S/C32H39N3O9/c1-5-8-19-24(26(30(39)42-6-2)44-32(41)31(40)43-7-3)34-27(36)21(4)33-29(38)25(20-22-15-11-9-12-16-22)35-28(37)23-17-13-10-14-18-23/h9-18,21,25H,5-8,19-20H2,1-4H3,(H,33,38)(H,34,36)(H,35,37)/b26-24-/t21-,25-/m0/s1. The molecular formula is C32H39N3O9. The van der Waals surface area contributed by atoms with Crippen molar-refractivity contribution in [1.29, 1.82) is 0 Å². The van der Waals surface area contributed by atoms with E-state index in [9.17, 15) is 28.8 Å². The van der Waals surface area contributed by atoms with Gasteiger partial charge in [0.25, 0.3) is 5.91 Å². The fourth-order valence-corrected chi connectivity index (χ4v) is 3.86. The highest BCUT2D eigenvalue weighted by Gasteiger charge is 2.30. The lowest BCUT2D eigenvalue weighted by atomic mass is 10.0. The third kappa shape index (κ3) is 11.3. The Bertz CT molecular complexity index is 1330. The highest BCUT2D eigenvalue weighted by molar-refractivity contribution is 6.30. The summed E-state index contributed by atoms with van der Waals surface area (Å²) >= 11 is 0. The number of hydrogen-bond donors (Lipinski definition) is 3. The van der Waals surface area contributed by atoms with Gasteiger partial charge in [-0.05, 0) is 51.3 Å². The average molecular weight is 610 g/mol. The Hall–Kier alpha value is -5.00. The molecular weight excluding hydrogens is 570 g/mol. The van der Waals surface area contributed by atoms with E-state index >= 15 is 0 Å². The number of carbonyl (C=O) groups excluding carboxylic acids is 6. The predicted molar refractivity (Wildman–Crippen MR) is 159 cm³/mol. The minimum atomic E-state index is -1.46. The van der Waals surface area contributed by atoms with E-state index in [0.717, 1.165) is 5.56 Å². The summed E-state index contributed by atoms with van der Waals surface area (Å²) in [6, 6.07) is 15.3. The number of ether oxygens (including phenoxy) is 3. The van der Waals surface area contributed by atoms with Crippen molar-refractivity contribution in [2.24, 2.45) is 0 Å². The van der Waals surface area contributed by atoms with Crippen LogP contribution in [0.3, 0.4) is 0 Å². The third-order valence-electron chi connectivity index (χ3n) is 6.12. The molecule has 0 fully saturated rings. The van der Waals surface area contributed by atoms with Gasteiger partial charge < -0.3 is 30.2 Å². The fraction of sp³-hybridized carbons (Fsp3) is 0.375. The molecule has 0 aliphatic carbocycles. The van der Waals surface area contributed by atoms with E-state index in [-0.39, 0.29) is 31.8 Å². The summed E-state index contributed by atoms with van der Waals surface area (Å²) in [5.74, 6) is -6.35. The lowest BCUT2D eigenvalue weighted by molar-refractivity contribution is -0.167. The Morgan fingerprint density at radius 3 is 1.91 bits per heavy atom. The summed E-state index contributed by atoms with van der Waals surface area (Å²) in [5, 5.41) is 7.87. The zero-order valence-electron chi connectivity index (χ0n) is 25.3. The monoisotopic (exact) mass is 609 g/mol. The second-order valence-electron chi connectivity index (χ2n) is 9.54. The van der Waals surface area contributed by atoms with E-state index in [1.54, 1.807) is 42.5 Å². The number of esters is 3. The van der Waals surface area contributed by atoms with E-state index in [1.807, 2.05) is 25.1 Å². The molecule has 0 heterocycles. The molecule has 0 aliphatic heterocycles. The van der Waals surface area contributed by atoms with Crippen LogP contribution in [-0.2, 0) is 44.6 Å². The van der Waals surface area contributed by atoms with Crippen molar-refractivity contribution in [3.8, 4) is 0 Å². The summed E-state index contributed by atoms with van der Waals surface area (Å²) in [6.45, 7) is 6.14. The first-order valence-electron chi connectivity index (χ1n) is 14.4. The van der Waals surface area contributed by atoms with Crippen LogP contribution in [0.1, 0.15) is 62.9 Å². The number of hydrogen-bond acceptors (Lipinski definition) is 9. The molecule has 2 atom stereocenters. The van der Waals surface area contributed by atoms with Crippen molar-refractivity contribution in [3.05, 3.63) is 83.2 Å².